The quantitative estimate of drug-likeness (QED) is 0.914. The number of hydrogen-bond donors (Lipinski definition) is 1. The zero-order valence-corrected chi connectivity index (χ0v) is 12.5. The fourth-order valence-electron chi connectivity index (χ4n) is 2.02. The van der Waals surface area contributed by atoms with Gasteiger partial charge < -0.3 is 5.32 Å². The van der Waals surface area contributed by atoms with Gasteiger partial charge in [-0.25, -0.2) is 0 Å². The maximum atomic E-state index is 11.8. The molecule has 1 aromatic carbocycles. The summed E-state index contributed by atoms with van der Waals surface area (Å²) >= 11 is 1.12. The van der Waals surface area contributed by atoms with E-state index < -0.39 is 0 Å². The van der Waals surface area contributed by atoms with Gasteiger partial charge in [-0.3, -0.25) is 14.2 Å². The molecule has 0 aliphatic carbocycles. The van der Waals surface area contributed by atoms with Crippen LogP contribution in [0.2, 0.25) is 0 Å². The van der Waals surface area contributed by atoms with Gasteiger partial charge in [0, 0.05) is 17.6 Å². The maximum absolute atomic E-state index is 11.8. The Balaban J connectivity index is 1.85. The van der Waals surface area contributed by atoms with Gasteiger partial charge in [-0.05, 0) is 31.4 Å². The molecule has 2 rings (SSSR count). The molecule has 0 saturated carbocycles. The van der Waals surface area contributed by atoms with Gasteiger partial charge in [0.05, 0.1) is 0 Å². The predicted octanol–water partition coefficient (Wildman–Crippen LogP) is 1.89. The Morgan fingerprint density at radius 1 is 1.30 bits per heavy atom. The van der Waals surface area contributed by atoms with E-state index in [-0.39, 0.29) is 17.3 Å². The number of amides is 1. The number of rotatable bonds is 5. The fourth-order valence-corrected chi connectivity index (χ4v) is 2.76. The van der Waals surface area contributed by atoms with Crippen LogP contribution < -0.4 is 10.2 Å². The second kappa shape index (κ2) is 6.52. The summed E-state index contributed by atoms with van der Waals surface area (Å²) in [5.41, 5.74) is 3.29. The molecule has 1 amide bonds. The standard InChI is InChI=1S/C15H18N2O2S/c1-11-5-3-4-6-13(11)7-8-16-14(18)9-17-12(2)10-20-15(17)19/h3-6,10H,7-9H2,1-2H3,(H,16,18). The van der Waals surface area contributed by atoms with E-state index in [1.54, 1.807) is 5.38 Å². The predicted molar refractivity (Wildman–Crippen MR) is 81.2 cm³/mol. The third-order valence-corrected chi connectivity index (χ3v) is 4.14. The highest BCUT2D eigenvalue weighted by atomic mass is 32.1. The molecule has 0 unspecified atom stereocenters. The fraction of sp³-hybridized carbons (Fsp3) is 0.333. The molecule has 2 aromatic rings. The minimum Gasteiger partial charge on any atom is -0.354 e. The van der Waals surface area contributed by atoms with E-state index in [2.05, 4.69) is 24.4 Å². The van der Waals surface area contributed by atoms with Gasteiger partial charge in [0.25, 0.3) is 0 Å². The molecule has 20 heavy (non-hydrogen) atoms. The van der Waals surface area contributed by atoms with Crippen molar-refractivity contribution in [3.8, 4) is 0 Å². The average molecular weight is 290 g/mol. The van der Waals surface area contributed by atoms with Crippen molar-refractivity contribution in [3.63, 3.8) is 0 Å². The molecule has 0 spiro atoms. The second-order valence-corrected chi connectivity index (χ2v) is 5.58. The molecule has 0 atom stereocenters. The summed E-state index contributed by atoms with van der Waals surface area (Å²) in [5, 5.41) is 4.62. The summed E-state index contributed by atoms with van der Waals surface area (Å²) in [7, 11) is 0. The zero-order valence-electron chi connectivity index (χ0n) is 11.7. The van der Waals surface area contributed by atoms with Crippen LogP contribution in [0.5, 0.6) is 0 Å². The number of nitrogens with zero attached hydrogens (tertiary/aromatic N) is 1. The Kier molecular flexibility index (Phi) is 4.74. The summed E-state index contributed by atoms with van der Waals surface area (Å²) in [4.78, 5) is 23.3. The SMILES string of the molecule is Cc1ccccc1CCNC(=O)Cn1c(C)csc1=O. The zero-order chi connectivity index (χ0) is 14.5. The Morgan fingerprint density at radius 2 is 2.05 bits per heavy atom. The first-order valence-corrected chi connectivity index (χ1v) is 7.42. The van der Waals surface area contributed by atoms with Crippen molar-refractivity contribution < 1.29 is 4.79 Å². The topological polar surface area (TPSA) is 51.1 Å². The van der Waals surface area contributed by atoms with E-state index in [9.17, 15) is 9.59 Å². The summed E-state index contributed by atoms with van der Waals surface area (Å²) in [5.74, 6) is -0.123. The van der Waals surface area contributed by atoms with Gasteiger partial charge in [0.1, 0.15) is 6.54 Å². The lowest BCUT2D eigenvalue weighted by Crippen LogP contribution is -2.32. The maximum Gasteiger partial charge on any atom is 0.307 e. The van der Waals surface area contributed by atoms with E-state index in [1.807, 2.05) is 19.1 Å². The summed E-state index contributed by atoms with van der Waals surface area (Å²) in [6.45, 7) is 4.58. The Morgan fingerprint density at radius 3 is 2.70 bits per heavy atom. The average Bonchev–Trinajstić information content (AvgIpc) is 2.73. The lowest BCUT2D eigenvalue weighted by molar-refractivity contribution is -0.121. The number of benzene rings is 1. The van der Waals surface area contributed by atoms with Crippen LogP contribution in [0.3, 0.4) is 0 Å². The molecule has 0 saturated heterocycles. The second-order valence-electron chi connectivity index (χ2n) is 4.76. The normalized spacial score (nSPS) is 10.5. The van der Waals surface area contributed by atoms with Gasteiger partial charge in [0.15, 0.2) is 0 Å². The van der Waals surface area contributed by atoms with Crippen LogP contribution >= 0.6 is 11.3 Å². The number of aryl methyl sites for hydroxylation is 2. The van der Waals surface area contributed by atoms with Crippen molar-refractivity contribution in [2.75, 3.05) is 6.54 Å². The third-order valence-electron chi connectivity index (χ3n) is 3.26. The molecule has 1 heterocycles. The number of nitrogens with one attached hydrogen (secondary N) is 1. The van der Waals surface area contributed by atoms with Crippen LogP contribution in [0.1, 0.15) is 16.8 Å². The van der Waals surface area contributed by atoms with E-state index in [0.29, 0.717) is 6.54 Å². The molecule has 0 aliphatic heterocycles. The first-order chi connectivity index (χ1) is 9.58. The van der Waals surface area contributed by atoms with Crippen molar-refractivity contribution in [1.82, 2.24) is 9.88 Å². The van der Waals surface area contributed by atoms with Crippen LogP contribution in [-0.2, 0) is 17.8 Å². The minimum atomic E-state index is -0.123. The molecule has 1 N–H and O–H groups in total. The lowest BCUT2D eigenvalue weighted by atomic mass is 10.1. The number of aromatic nitrogens is 1. The van der Waals surface area contributed by atoms with Crippen LogP contribution in [0.25, 0.3) is 0 Å². The Hall–Kier alpha value is -1.88. The molecule has 0 aliphatic rings. The van der Waals surface area contributed by atoms with Gasteiger partial charge >= 0.3 is 4.87 Å². The highest BCUT2D eigenvalue weighted by molar-refractivity contribution is 7.07. The monoisotopic (exact) mass is 290 g/mol. The van der Waals surface area contributed by atoms with Gasteiger partial charge in [-0.1, -0.05) is 35.6 Å². The van der Waals surface area contributed by atoms with Crippen molar-refractivity contribution in [3.05, 3.63) is 56.1 Å². The van der Waals surface area contributed by atoms with Crippen molar-refractivity contribution in [2.24, 2.45) is 0 Å². The number of hydrogen-bond acceptors (Lipinski definition) is 3. The molecule has 0 fully saturated rings. The molecular formula is C15H18N2O2S. The van der Waals surface area contributed by atoms with E-state index in [0.717, 1.165) is 23.5 Å². The molecule has 0 bridgehead atoms. The molecule has 5 heteroatoms. The van der Waals surface area contributed by atoms with Crippen LogP contribution in [-0.4, -0.2) is 17.0 Å². The third kappa shape index (κ3) is 3.57. The minimum absolute atomic E-state index is 0.0865. The van der Waals surface area contributed by atoms with Gasteiger partial charge in [-0.15, -0.1) is 0 Å². The highest BCUT2D eigenvalue weighted by Crippen LogP contribution is 2.06. The molecule has 4 nitrogen and oxygen atoms in total. The Labute approximate surface area is 122 Å². The van der Waals surface area contributed by atoms with Crippen molar-refractivity contribution >= 4 is 17.2 Å². The van der Waals surface area contributed by atoms with Gasteiger partial charge in [-0.2, -0.15) is 0 Å². The number of thiazole rings is 1. The smallest absolute Gasteiger partial charge is 0.307 e. The van der Waals surface area contributed by atoms with E-state index in [1.165, 1.54) is 15.7 Å². The summed E-state index contributed by atoms with van der Waals surface area (Å²) in [6, 6.07) is 8.13. The molecule has 1 aromatic heterocycles. The van der Waals surface area contributed by atoms with Crippen LogP contribution in [0.15, 0.2) is 34.4 Å². The van der Waals surface area contributed by atoms with Gasteiger partial charge in [0.2, 0.25) is 5.91 Å². The van der Waals surface area contributed by atoms with Crippen LogP contribution in [0.4, 0.5) is 0 Å². The summed E-state index contributed by atoms with van der Waals surface area (Å²) < 4.78 is 1.49. The molecule has 0 radical (unpaired) electrons. The van der Waals surface area contributed by atoms with E-state index in [4.69, 9.17) is 0 Å². The number of carbonyl (C=O) groups is 1. The molecule has 106 valence electrons. The Bertz CT molecular complexity index is 658. The first kappa shape index (κ1) is 14.5. The van der Waals surface area contributed by atoms with Crippen LogP contribution in [0, 0.1) is 13.8 Å². The molecular weight excluding hydrogens is 272 g/mol. The lowest BCUT2D eigenvalue weighted by Gasteiger charge is -2.08. The largest absolute Gasteiger partial charge is 0.354 e. The first-order valence-electron chi connectivity index (χ1n) is 6.54. The van der Waals surface area contributed by atoms with Crippen molar-refractivity contribution in [1.29, 1.82) is 0 Å². The number of carbonyl (C=O) groups excluding carboxylic acids is 1. The summed E-state index contributed by atoms with van der Waals surface area (Å²) in [6.07, 6.45) is 0.802. The highest BCUT2D eigenvalue weighted by Gasteiger charge is 2.08. The van der Waals surface area contributed by atoms with Crippen molar-refractivity contribution in [2.45, 2.75) is 26.8 Å². The van der Waals surface area contributed by atoms with E-state index >= 15 is 0 Å².